The molecular formula is C26H31N. The van der Waals surface area contributed by atoms with Crippen molar-refractivity contribution in [3.63, 3.8) is 0 Å². The molecule has 1 heterocycles. The molecule has 0 saturated carbocycles. The summed E-state index contributed by atoms with van der Waals surface area (Å²) in [7, 11) is 0. The van der Waals surface area contributed by atoms with Gasteiger partial charge in [0.1, 0.15) is 0 Å². The molecule has 0 atom stereocenters. The minimum absolute atomic E-state index is 1.04. The second-order valence-corrected chi connectivity index (χ2v) is 7.65. The van der Waals surface area contributed by atoms with Crippen LogP contribution in [0.15, 0.2) is 54.6 Å². The Hall–Kier alpha value is -2.41. The molecule has 0 spiro atoms. The van der Waals surface area contributed by atoms with E-state index in [0.29, 0.717) is 0 Å². The highest BCUT2D eigenvalue weighted by molar-refractivity contribution is 5.67. The Morgan fingerprint density at radius 2 is 1.33 bits per heavy atom. The summed E-state index contributed by atoms with van der Waals surface area (Å²) in [6.45, 7) is 8.79. The van der Waals surface area contributed by atoms with Crippen LogP contribution in [-0.4, -0.2) is 4.98 Å². The van der Waals surface area contributed by atoms with Gasteiger partial charge in [-0.3, -0.25) is 0 Å². The molecule has 0 N–H and O–H groups in total. The molecule has 0 aliphatic heterocycles. The average molecular weight is 358 g/mol. The van der Waals surface area contributed by atoms with Gasteiger partial charge in [0.25, 0.3) is 0 Å². The van der Waals surface area contributed by atoms with Crippen LogP contribution in [0.5, 0.6) is 0 Å². The van der Waals surface area contributed by atoms with Crippen molar-refractivity contribution in [3.8, 4) is 22.5 Å². The van der Waals surface area contributed by atoms with Crippen LogP contribution in [0.2, 0.25) is 0 Å². The molecule has 0 aliphatic carbocycles. The lowest BCUT2D eigenvalue weighted by molar-refractivity contribution is 0.667. The fourth-order valence-electron chi connectivity index (χ4n) is 3.54. The Morgan fingerprint density at radius 3 is 1.96 bits per heavy atom. The largest absolute Gasteiger partial charge is 0.248 e. The molecule has 3 aromatic rings. The Balaban J connectivity index is 1.79. The first-order chi connectivity index (χ1) is 13.1. The standard InChI is InChI=1S/C26H31N/c1-5-6-7-8-10-22-13-15-23(16-14-22)25-11-9-12-26(27-25)24-17-19(2)21(4)20(3)18-24/h9,11-18H,5-8,10H2,1-4H3. The zero-order chi connectivity index (χ0) is 19.2. The predicted molar refractivity (Wildman–Crippen MR) is 117 cm³/mol. The number of aromatic nitrogens is 1. The summed E-state index contributed by atoms with van der Waals surface area (Å²) in [4.78, 5) is 4.94. The number of hydrogen-bond acceptors (Lipinski definition) is 1. The third-order valence-corrected chi connectivity index (χ3v) is 5.54. The zero-order valence-electron chi connectivity index (χ0n) is 17.2. The fraction of sp³-hybridized carbons (Fsp3) is 0.346. The highest BCUT2D eigenvalue weighted by Gasteiger charge is 2.07. The summed E-state index contributed by atoms with van der Waals surface area (Å²) in [5.41, 5.74) is 9.91. The molecule has 140 valence electrons. The lowest BCUT2D eigenvalue weighted by atomic mass is 9.98. The van der Waals surface area contributed by atoms with Crippen LogP contribution in [0.1, 0.15) is 54.9 Å². The number of unbranched alkanes of at least 4 members (excludes halogenated alkanes) is 3. The van der Waals surface area contributed by atoms with Crippen molar-refractivity contribution in [1.82, 2.24) is 4.98 Å². The van der Waals surface area contributed by atoms with E-state index in [4.69, 9.17) is 4.98 Å². The van der Waals surface area contributed by atoms with E-state index in [1.165, 1.54) is 65.5 Å². The van der Waals surface area contributed by atoms with Gasteiger partial charge in [-0.15, -0.1) is 0 Å². The van der Waals surface area contributed by atoms with Crippen molar-refractivity contribution in [2.45, 2.75) is 59.8 Å². The van der Waals surface area contributed by atoms with Crippen LogP contribution in [0.3, 0.4) is 0 Å². The van der Waals surface area contributed by atoms with Crippen molar-refractivity contribution in [2.24, 2.45) is 0 Å². The SMILES string of the molecule is CCCCCCc1ccc(-c2cccc(-c3cc(C)c(C)c(C)c3)n2)cc1. The Kier molecular flexibility index (Phi) is 6.45. The minimum atomic E-state index is 1.04. The van der Waals surface area contributed by atoms with Gasteiger partial charge in [0.05, 0.1) is 11.4 Å². The lowest BCUT2D eigenvalue weighted by Gasteiger charge is -2.10. The lowest BCUT2D eigenvalue weighted by Crippen LogP contribution is -1.92. The van der Waals surface area contributed by atoms with Crippen LogP contribution >= 0.6 is 0 Å². The van der Waals surface area contributed by atoms with E-state index in [9.17, 15) is 0 Å². The van der Waals surface area contributed by atoms with Gasteiger partial charge in [-0.2, -0.15) is 0 Å². The molecule has 3 rings (SSSR count). The number of benzene rings is 2. The molecule has 0 fully saturated rings. The number of pyridine rings is 1. The van der Waals surface area contributed by atoms with Gasteiger partial charge in [-0.05, 0) is 80.1 Å². The maximum atomic E-state index is 4.94. The van der Waals surface area contributed by atoms with Crippen molar-refractivity contribution < 1.29 is 0 Å². The molecule has 0 saturated heterocycles. The topological polar surface area (TPSA) is 12.9 Å². The van der Waals surface area contributed by atoms with Crippen LogP contribution in [0, 0.1) is 20.8 Å². The molecule has 0 unspecified atom stereocenters. The number of rotatable bonds is 7. The van der Waals surface area contributed by atoms with Crippen LogP contribution in [-0.2, 0) is 6.42 Å². The molecule has 1 heteroatoms. The van der Waals surface area contributed by atoms with Crippen molar-refractivity contribution >= 4 is 0 Å². The number of aryl methyl sites for hydroxylation is 3. The predicted octanol–water partition coefficient (Wildman–Crippen LogP) is 7.46. The molecule has 2 aromatic carbocycles. The summed E-state index contributed by atoms with van der Waals surface area (Å²) in [5.74, 6) is 0. The van der Waals surface area contributed by atoms with Crippen molar-refractivity contribution in [2.75, 3.05) is 0 Å². The van der Waals surface area contributed by atoms with Gasteiger partial charge in [0, 0.05) is 11.1 Å². The van der Waals surface area contributed by atoms with Gasteiger partial charge in [-0.1, -0.05) is 56.5 Å². The van der Waals surface area contributed by atoms with Crippen LogP contribution < -0.4 is 0 Å². The quantitative estimate of drug-likeness (QED) is 0.400. The maximum absolute atomic E-state index is 4.94. The number of nitrogens with zero attached hydrogens (tertiary/aromatic N) is 1. The fourth-order valence-corrected chi connectivity index (χ4v) is 3.54. The zero-order valence-corrected chi connectivity index (χ0v) is 17.2. The van der Waals surface area contributed by atoms with Crippen molar-refractivity contribution in [1.29, 1.82) is 0 Å². The molecule has 1 nitrogen and oxygen atoms in total. The van der Waals surface area contributed by atoms with Gasteiger partial charge in [0.15, 0.2) is 0 Å². The molecule has 1 aromatic heterocycles. The Bertz CT molecular complexity index is 867. The van der Waals surface area contributed by atoms with E-state index in [2.05, 4.69) is 82.3 Å². The third kappa shape index (κ3) is 4.86. The summed E-state index contributed by atoms with van der Waals surface area (Å²) in [5, 5.41) is 0. The van der Waals surface area contributed by atoms with E-state index in [0.717, 1.165) is 11.4 Å². The summed E-state index contributed by atoms with van der Waals surface area (Å²) in [6.07, 6.45) is 6.42. The van der Waals surface area contributed by atoms with E-state index >= 15 is 0 Å². The first-order valence-corrected chi connectivity index (χ1v) is 10.2. The summed E-state index contributed by atoms with van der Waals surface area (Å²) in [6, 6.07) is 19.8. The highest BCUT2D eigenvalue weighted by atomic mass is 14.7. The highest BCUT2D eigenvalue weighted by Crippen LogP contribution is 2.26. The minimum Gasteiger partial charge on any atom is -0.248 e. The first-order valence-electron chi connectivity index (χ1n) is 10.2. The van der Waals surface area contributed by atoms with Gasteiger partial charge >= 0.3 is 0 Å². The Morgan fingerprint density at radius 1 is 0.704 bits per heavy atom. The first kappa shape index (κ1) is 19.4. The summed E-state index contributed by atoms with van der Waals surface area (Å²) >= 11 is 0. The van der Waals surface area contributed by atoms with Gasteiger partial charge in [-0.25, -0.2) is 4.98 Å². The van der Waals surface area contributed by atoms with Gasteiger partial charge in [0.2, 0.25) is 0 Å². The van der Waals surface area contributed by atoms with E-state index < -0.39 is 0 Å². The Labute approximate surface area is 164 Å². The van der Waals surface area contributed by atoms with Crippen LogP contribution in [0.4, 0.5) is 0 Å². The second kappa shape index (κ2) is 8.99. The molecule has 0 radical (unpaired) electrons. The maximum Gasteiger partial charge on any atom is 0.0709 e. The molecular weight excluding hydrogens is 326 g/mol. The molecule has 0 amide bonds. The molecule has 0 aliphatic rings. The van der Waals surface area contributed by atoms with Crippen molar-refractivity contribution in [3.05, 3.63) is 76.9 Å². The molecule has 27 heavy (non-hydrogen) atoms. The summed E-state index contributed by atoms with van der Waals surface area (Å²) < 4.78 is 0. The second-order valence-electron chi connectivity index (χ2n) is 7.65. The monoisotopic (exact) mass is 357 g/mol. The van der Waals surface area contributed by atoms with Gasteiger partial charge < -0.3 is 0 Å². The third-order valence-electron chi connectivity index (χ3n) is 5.54. The van der Waals surface area contributed by atoms with E-state index in [-0.39, 0.29) is 0 Å². The smallest absolute Gasteiger partial charge is 0.0709 e. The normalized spacial score (nSPS) is 11.0. The number of hydrogen-bond donors (Lipinski definition) is 0. The molecule has 0 bridgehead atoms. The van der Waals surface area contributed by atoms with E-state index in [1.807, 2.05) is 0 Å². The van der Waals surface area contributed by atoms with Crippen LogP contribution in [0.25, 0.3) is 22.5 Å². The average Bonchev–Trinajstić information content (AvgIpc) is 2.69. The van der Waals surface area contributed by atoms with E-state index in [1.54, 1.807) is 0 Å².